The first kappa shape index (κ1) is 18.9. The molecule has 4 aliphatic carbocycles. The molecular formula is C21H27FO5. The van der Waals surface area contributed by atoms with Crippen LogP contribution in [0.2, 0.25) is 0 Å². The van der Waals surface area contributed by atoms with E-state index in [9.17, 15) is 24.6 Å². The lowest BCUT2D eigenvalue weighted by Gasteiger charge is -2.60. The molecule has 148 valence electrons. The summed E-state index contributed by atoms with van der Waals surface area (Å²) in [5, 5.41) is 20.4. The maximum Gasteiger partial charge on any atom is 0.190 e. The van der Waals surface area contributed by atoms with Crippen LogP contribution in [-0.2, 0) is 14.4 Å². The molecule has 27 heavy (non-hydrogen) atoms. The molecule has 0 aromatic rings. The predicted octanol–water partition coefficient (Wildman–Crippen LogP) is 2.08. The quantitative estimate of drug-likeness (QED) is 0.768. The van der Waals surface area contributed by atoms with Gasteiger partial charge in [-0.3, -0.25) is 14.4 Å². The number of aliphatic hydroxyl groups is 2. The first-order valence-corrected chi connectivity index (χ1v) is 9.87. The van der Waals surface area contributed by atoms with Crippen molar-refractivity contribution in [2.45, 2.75) is 70.1 Å². The molecule has 0 aromatic heterocycles. The summed E-state index contributed by atoms with van der Waals surface area (Å²) >= 11 is 0. The van der Waals surface area contributed by atoms with E-state index in [0.717, 1.165) is 5.57 Å². The van der Waals surface area contributed by atoms with Crippen LogP contribution in [0.15, 0.2) is 11.6 Å². The summed E-state index contributed by atoms with van der Waals surface area (Å²) in [6, 6.07) is 0. The van der Waals surface area contributed by atoms with Gasteiger partial charge in [0.05, 0.1) is 0 Å². The Bertz CT molecular complexity index is 775. The Kier molecular flexibility index (Phi) is 3.91. The number of carbonyl (C=O) groups excluding carboxylic acids is 3. The maximum atomic E-state index is 16.7. The summed E-state index contributed by atoms with van der Waals surface area (Å²) in [5.74, 6) is -2.16. The lowest BCUT2D eigenvalue weighted by atomic mass is 9.44. The van der Waals surface area contributed by atoms with Crippen molar-refractivity contribution in [2.75, 3.05) is 6.61 Å². The number of aliphatic hydroxyl groups excluding tert-OH is 1. The third-order valence-corrected chi connectivity index (χ3v) is 8.56. The lowest BCUT2D eigenvalue weighted by Crippen LogP contribution is -2.68. The molecule has 0 spiro atoms. The van der Waals surface area contributed by atoms with Crippen molar-refractivity contribution in [1.82, 2.24) is 0 Å². The van der Waals surface area contributed by atoms with Crippen LogP contribution in [0.1, 0.15) is 58.8 Å². The number of fused-ring (bicyclic) bond motifs is 5. The van der Waals surface area contributed by atoms with Gasteiger partial charge in [-0.25, -0.2) is 4.39 Å². The van der Waals surface area contributed by atoms with Crippen molar-refractivity contribution in [3.8, 4) is 0 Å². The standard InChI is InChI=1S/C21H27FO5/c1-18-7-5-13(24)9-12(18)3-4-15-14-6-8-20(27,17(26)11-23)19(14,2)10-16(25)21(15,18)22/h9,14-15,23,27H,3-8,10-11H2,1-2H3/t14?,15?,18-,19-,20-,21-/m0/s1. The summed E-state index contributed by atoms with van der Waals surface area (Å²) in [4.78, 5) is 37.4. The number of carbonyl (C=O) groups is 3. The van der Waals surface area contributed by atoms with Gasteiger partial charge in [-0.1, -0.05) is 19.4 Å². The number of Topliss-reactive ketones (excluding diaryl/α,β-unsaturated/α-hetero) is 2. The van der Waals surface area contributed by atoms with E-state index >= 15 is 4.39 Å². The fourth-order valence-corrected chi connectivity index (χ4v) is 6.88. The van der Waals surface area contributed by atoms with Crippen LogP contribution in [-0.4, -0.2) is 45.4 Å². The van der Waals surface area contributed by atoms with Gasteiger partial charge >= 0.3 is 0 Å². The second kappa shape index (κ2) is 5.57. The van der Waals surface area contributed by atoms with Crippen LogP contribution in [0.4, 0.5) is 4.39 Å². The van der Waals surface area contributed by atoms with E-state index in [1.165, 1.54) is 6.08 Å². The first-order chi connectivity index (χ1) is 12.5. The zero-order valence-electron chi connectivity index (χ0n) is 15.9. The molecule has 3 saturated carbocycles. The maximum absolute atomic E-state index is 16.7. The Morgan fingerprint density at radius 2 is 1.89 bits per heavy atom. The molecule has 2 unspecified atom stereocenters. The molecule has 3 fully saturated rings. The van der Waals surface area contributed by atoms with E-state index in [4.69, 9.17) is 0 Å². The molecule has 0 aromatic carbocycles. The third-order valence-electron chi connectivity index (χ3n) is 8.56. The number of allylic oxidation sites excluding steroid dienone is 1. The van der Waals surface area contributed by atoms with Gasteiger partial charge in [-0.05, 0) is 44.1 Å². The van der Waals surface area contributed by atoms with Gasteiger partial charge in [-0.15, -0.1) is 0 Å². The Morgan fingerprint density at radius 3 is 2.56 bits per heavy atom. The molecular weight excluding hydrogens is 351 g/mol. The van der Waals surface area contributed by atoms with Gasteiger partial charge in [0.15, 0.2) is 23.0 Å². The highest BCUT2D eigenvalue weighted by molar-refractivity contribution is 5.97. The largest absolute Gasteiger partial charge is 0.388 e. The molecule has 6 heteroatoms. The van der Waals surface area contributed by atoms with E-state index in [2.05, 4.69) is 0 Å². The average Bonchev–Trinajstić information content (AvgIpc) is 2.88. The minimum absolute atomic E-state index is 0.0126. The zero-order chi connectivity index (χ0) is 19.8. The van der Waals surface area contributed by atoms with Crippen LogP contribution < -0.4 is 0 Å². The number of halogens is 1. The number of hydrogen-bond donors (Lipinski definition) is 2. The fraction of sp³-hybridized carbons (Fsp3) is 0.762. The molecule has 4 rings (SSSR count). The summed E-state index contributed by atoms with van der Waals surface area (Å²) in [7, 11) is 0. The number of hydrogen-bond acceptors (Lipinski definition) is 5. The second-order valence-corrected chi connectivity index (χ2v) is 9.43. The van der Waals surface area contributed by atoms with Gasteiger partial charge in [0.25, 0.3) is 0 Å². The van der Waals surface area contributed by atoms with E-state index in [0.29, 0.717) is 25.7 Å². The van der Waals surface area contributed by atoms with Crippen LogP contribution in [0.25, 0.3) is 0 Å². The molecule has 5 nitrogen and oxygen atoms in total. The van der Waals surface area contributed by atoms with Crippen molar-refractivity contribution in [3.05, 3.63) is 11.6 Å². The van der Waals surface area contributed by atoms with Crippen LogP contribution in [0.5, 0.6) is 0 Å². The van der Waals surface area contributed by atoms with Crippen LogP contribution in [0.3, 0.4) is 0 Å². The molecule has 4 aliphatic rings. The Labute approximate surface area is 158 Å². The summed E-state index contributed by atoms with van der Waals surface area (Å²) in [6.07, 6.45) is 3.46. The predicted molar refractivity (Wildman–Crippen MR) is 94.5 cm³/mol. The fourth-order valence-electron chi connectivity index (χ4n) is 6.88. The van der Waals surface area contributed by atoms with Gasteiger partial charge in [0.2, 0.25) is 0 Å². The monoisotopic (exact) mass is 378 g/mol. The van der Waals surface area contributed by atoms with Crippen molar-refractivity contribution in [2.24, 2.45) is 22.7 Å². The van der Waals surface area contributed by atoms with Crippen molar-refractivity contribution >= 4 is 17.3 Å². The topological polar surface area (TPSA) is 91.7 Å². The SMILES string of the molecule is C[C@]12CCC(=O)C=C1CCC1C3CC[C@](O)(C(=O)CO)[C@@]3(C)CC(=O)[C@@]12F. The molecule has 0 radical (unpaired) electrons. The van der Waals surface area contributed by atoms with Crippen molar-refractivity contribution in [1.29, 1.82) is 0 Å². The Morgan fingerprint density at radius 1 is 1.19 bits per heavy atom. The third kappa shape index (κ3) is 2.03. The highest BCUT2D eigenvalue weighted by atomic mass is 19.1. The minimum Gasteiger partial charge on any atom is -0.388 e. The normalized spacial score (nSPS) is 49.1. The van der Waals surface area contributed by atoms with E-state index in [1.54, 1.807) is 13.8 Å². The highest BCUT2D eigenvalue weighted by Gasteiger charge is 2.74. The van der Waals surface area contributed by atoms with E-state index in [1.807, 2.05) is 0 Å². The number of ketones is 3. The molecule has 0 amide bonds. The van der Waals surface area contributed by atoms with Gasteiger partial charge in [-0.2, -0.15) is 0 Å². The highest BCUT2D eigenvalue weighted by Crippen LogP contribution is 2.69. The summed E-state index contributed by atoms with van der Waals surface area (Å²) in [5.41, 5.74) is -5.19. The number of rotatable bonds is 2. The Hall–Kier alpha value is -1.40. The molecule has 0 bridgehead atoms. The van der Waals surface area contributed by atoms with Crippen LogP contribution >= 0.6 is 0 Å². The number of alkyl halides is 1. The average molecular weight is 378 g/mol. The minimum atomic E-state index is -2.07. The van der Waals surface area contributed by atoms with Crippen LogP contribution in [0, 0.1) is 22.7 Å². The Balaban J connectivity index is 1.81. The molecule has 0 aliphatic heterocycles. The second-order valence-electron chi connectivity index (χ2n) is 9.43. The molecule has 6 atom stereocenters. The van der Waals surface area contributed by atoms with Crippen molar-refractivity contribution < 1.29 is 29.0 Å². The molecule has 2 N–H and O–H groups in total. The molecule has 0 heterocycles. The van der Waals surface area contributed by atoms with E-state index < -0.39 is 46.2 Å². The zero-order valence-corrected chi connectivity index (χ0v) is 15.9. The van der Waals surface area contributed by atoms with Gasteiger partial charge < -0.3 is 10.2 Å². The lowest BCUT2D eigenvalue weighted by molar-refractivity contribution is -0.189. The molecule has 0 saturated heterocycles. The smallest absolute Gasteiger partial charge is 0.190 e. The van der Waals surface area contributed by atoms with Gasteiger partial charge in [0, 0.05) is 29.6 Å². The van der Waals surface area contributed by atoms with Gasteiger partial charge in [0.1, 0.15) is 12.2 Å². The summed E-state index contributed by atoms with van der Waals surface area (Å²) < 4.78 is 16.7. The summed E-state index contributed by atoms with van der Waals surface area (Å²) in [6.45, 7) is 2.68. The van der Waals surface area contributed by atoms with E-state index in [-0.39, 0.29) is 31.0 Å². The van der Waals surface area contributed by atoms with Crippen molar-refractivity contribution in [3.63, 3.8) is 0 Å². The first-order valence-electron chi connectivity index (χ1n) is 9.87.